The average Bonchev–Trinajstić information content (AvgIpc) is 2.85. The maximum Gasteiger partial charge on any atom is 0.282 e. The summed E-state index contributed by atoms with van der Waals surface area (Å²) in [6, 6.07) is 9.18. The summed E-state index contributed by atoms with van der Waals surface area (Å²) in [4.78, 5) is 18.3. The molecule has 0 atom stereocenters. The molecule has 0 radical (unpaired) electrons. The van der Waals surface area contributed by atoms with Crippen molar-refractivity contribution >= 4 is 34.8 Å². The number of halogens is 1. The second-order valence-electron chi connectivity index (χ2n) is 9.47. The monoisotopic (exact) mass is 413 g/mol. The van der Waals surface area contributed by atoms with Crippen molar-refractivity contribution in [1.29, 1.82) is 0 Å². The number of nitrogens with zero attached hydrogens (tertiary/aromatic N) is 1. The second kappa shape index (κ2) is 7.19. The number of anilines is 1. The Morgan fingerprint density at radius 1 is 1.00 bits per heavy atom. The van der Waals surface area contributed by atoms with E-state index in [0.717, 1.165) is 22.3 Å². The minimum atomic E-state index is -0.252. The van der Waals surface area contributed by atoms with Gasteiger partial charge in [-0.1, -0.05) is 53.1 Å². The molecule has 2 aromatic carbocycles. The van der Waals surface area contributed by atoms with Crippen LogP contribution in [0.5, 0.6) is 5.75 Å². The number of phenolic OH excluding ortho intramolecular Hbond substituents is 1. The lowest BCUT2D eigenvalue weighted by molar-refractivity contribution is -0.118. The first-order chi connectivity index (χ1) is 13.3. The van der Waals surface area contributed by atoms with Crippen LogP contribution in [-0.2, 0) is 20.5 Å². The topological polar surface area (TPSA) is 49.8 Å². The largest absolute Gasteiger partial charge is 0.507 e. The Bertz CT molecular complexity index is 975. The van der Waals surface area contributed by atoms with Gasteiger partial charge in [-0.15, -0.1) is 0 Å². The first-order valence-corrected chi connectivity index (χ1v) is 10.0. The molecule has 0 fully saturated rings. The first-order valence-electron chi connectivity index (χ1n) is 9.62. The smallest absolute Gasteiger partial charge is 0.282 e. The highest BCUT2D eigenvalue weighted by Gasteiger charge is 2.34. The maximum absolute atomic E-state index is 13.0. The van der Waals surface area contributed by atoms with Gasteiger partial charge in [0.25, 0.3) is 5.91 Å². The zero-order chi connectivity index (χ0) is 21.7. The van der Waals surface area contributed by atoms with Crippen LogP contribution in [0.25, 0.3) is 11.6 Å². The molecule has 29 heavy (non-hydrogen) atoms. The molecule has 1 aliphatic rings. The van der Waals surface area contributed by atoms with Crippen LogP contribution in [0.4, 0.5) is 5.69 Å². The lowest BCUT2D eigenvalue weighted by atomic mass is 9.78. The number of rotatable bonds is 2. The van der Waals surface area contributed by atoms with Crippen LogP contribution in [-0.4, -0.2) is 18.1 Å². The van der Waals surface area contributed by atoms with Crippen molar-refractivity contribution in [3.8, 4) is 5.75 Å². The maximum atomic E-state index is 13.0. The van der Waals surface area contributed by atoms with E-state index in [2.05, 4.69) is 41.5 Å². The molecule has 0 bridgehead atoms. The molecular formula is C24H28ClNO3. The van der Waals surface area contributed by atoms with E-state index in [1.165, 1.54) is 12.2 Å². The van der Waals surface area contributed by atoms with Gasteiger partial charge >= 0.3 is 0 Å². The predicted octanol–water partition coefficient (Wildman–Crippen LogP) is 6.09. The van der Waals surface area contributed by atoms with Gasteiger partial charge in [0.1, 0.15) is 5.75 Å². The Morgan fingerprint density at radius 3 is 2.03 bits per heavy atom. The molecule has 4 nitrogen and oxygen atoms in total. The van der Waals surface area contributed by atoms with E-state index in [1.54, 1.807) is 18.2 Å². The van der Waals surface area contributed by atoms with E-state index in [1.807, 2.05) is 18.2 Å². The van der Waals surface area contributed by atoms with Crippen LogP contribution < -0.4 is 5.06 Å². The van der Waals surface area contributed by atoms with Crippen molar-refractivity contribution in [3.63, 3.8) is 0 Å². The van der Waals surface area contributed by atoms with Crippen molar-refractivity contribution in [2.24, 2.45) is 0 Å². The highest BCUT2D eigenvalue weighted by atomic mass is 35.5. The Kier molecular flexibility index (Phi) is 5.31. The van der Waals surface area contributed by atoms with E-state index in [4.69, 9.17) is 16.4 Å². The molecule has 2 aromatic rings. The highest BCUT2D eigenvalue weighted by molar-refractivity contribution is 6.36. The van der Waals surface area contributed by atoms with Gasteiger partial charge in [0.2, 0.25) is 0 Å². The molecule has 1 heterocycles. The van der Waals surface area contributed by atoms with Crippen molar-refractivity contribution in [2.75, 3.05) is 12.2 Å². The number of phenols is 1. The van der Waals surface area contributed by atoms with Crippen molar-refractivity contribution in [3.05, 3.63) is 57.6 Å². The van der Waals surface area contributed by atoms with Gasteiger partial charge in [-0.05, 0) is 52.8 Å². The molecule has 1 amide bonds. The number of fused-ring (bicyclic) bond motifs is 1. The Balaban J connectivity index is 2.26. The quantitative estimate of drug-likeness (QED) is 0.606. The number of benzene rings is 2. The molecule has 0 aromatic heterocycles. The minimum Gasteiger partial charge on any atom is -0.507 e. The third-order valence-corrected chi connectivity index (χ3v) is 5.36. The number of hydroxylamine groups is 1. The Morgan fingerprint density at radius 2 is 1.55 bits per heavy atom. The molecule has 1 aliphatic heterocycles. The zero-order valence-corrected chi connectivity index (χ0v) is 18.8. The van der Waals surface area contributed by atoms with Crippen LogP contribution >= 0.6 is 11.6 Å². The number of hydrogen-bond donors (Lipinski definition) is 1. The Labute approximate surface area is 177 Å². The van der Waals surface area contributed by atoms with Crippen molar-refractivity contribution in [2.45, 2.75) is 52.4 Å². The zero-order valence-electron chi connectivity index (χ0n) is 18.1. The van der Waals surface area contributed by atoms with Crippen LogP contribution in [0.2, 0.25) is 5.02 Å². The van der Waals surface area contributed by atoms with Crippen LogP contribution in [0.15, 0.2) is 30.3 Å². The molecule has 0 unspecified atom stereocenters. The fourth-order valence-electron chi connectivity index (χ4n) is 3.61. The summed E-state index contributed by atoms with van der Waals surface area (Å²) in [5.41, 5.74) is 3.94. The molecule has 3 rings (SSSR count). The van der Waals surface area contributed by atoms with E-state index in [0.29, 0.717) is 22.0 Å². The average molecular weight is 414 g/mol. The van der Waals surface area contributed by atoms with Gasteiger partial charge in [-0.25, -0.2) is 0 Å². The van der Waals surface area contributed by atoms with Crippen LogP contribution in [0.3, 0.4) is 0 Å². The minimum absolute atomic E-state index is 0.243. The van der Waals surface area contributed by atoms with Crippen molar-refractivity contribution < 1.29 is 14.7 Å². The van der Waals surface area contributed by atoms with Gasteiger partial charge in [0, 0.05) is 21.7 Å². The fraction of sp³-hybridized carbons (Fsp3) is 0.375. The molecule has 0 saturated heterocycles. The SMILES string of the molecule is CON1C(=O)C(=Cc2cc(C(C)(C)C)c(O)c(C(C)(C)C)c2)c2cc(Cl)ccc21. The molecule has 154 valence electrons. The number of aromatic hydroxyl groups is 1. The Hall–Kier alpha value is -2.30. The molecular weight excluding hydrogens is 386 g/mol. The third kappa shape index (κ3) is 3.92. The lowest BCUT2D eigenvalue weighted by Crippen LogP contribution is -2.24. The van der Waals surface area contributed by atoms with Gasteiger partial charge in [-0.3, -0.25) is 9.63 Å². The summed E-state index contributed by atoms with van der Waals surface area (Å²) in [7, 11) is 1.47. The van der Waals surface area contributed by atoms with Gasteiger partial charge in [0.15, 0.2) is 0 Å². The summed E-state index contributed by atoms with van der Waals surface area (Å²) < 4.78 is 0. The van der Waals surface area contributed by atoms with E-state index in [-0.39, 0.29) is 16.7 Å². The standard InChI is InChI=1S/C24H28ClNO3/c1-23(2,3)18-11-14(12-19(21(18)27)24(4,5)6)10-17-16-13-15(25)8-9-20(16)26(29-7)22(17)28/h8-13,27H,1-7H3. The number of hydrogen-bond acceptors (Lipinski definition) is 3. The normalized spacial score (nSPS) is 15.9. The first kappa shape index (κ1) is 21.4. The predicted molar refractivity (Wildman–Crippen MR) is 119 cm³/mol. The molecule has 0 spiro atoms. The summed E-state index contributed by atoms with van der Waals surface area (Å²) in [6.07, 6.45) is 1.85. The highest BCUT2D eigenvalue weighted by Crippen LogP contribution is 2.42. The van der Waals surface area contributed by atoms with Gasteiger partial charge < -0.3 is 5.11 Å². The lowest BCUT2D eigenvalue weighted by Gasteiger charge is -2.28. The third-order valence-electron chi connectivity index (χ3n) is 5.12. The van der Waals surface area contributed by atoms with E-state index < -0.39 is 0 Å². The summed E-state index contributed by atoms with van der Waals surface area (Å²) >= 11 is 6.19. The molecule has 1 N–H and O–H groups in total. The molecule has 0 saturated carbocycles. The molecule has 5 heteroatoms. The fourth-order valence-corrected chi connectivity index (χ4v) is 3.78. The van der Waals surface area contributed by atoms with E-state index in [9.17, 15) is 9.90 Å². The summed E-state index contributed by atoms with van der Waals surface area (Å²) in [5, 5.41) is 12.8. The van der Waals surface area contributed by atoms with Crippen LogP contribution in [0, 0.1) is 0 Å². The number of carbonyl (C=O) groups excluding carboxylic acids is 1. The molecule has 0 aliphatic carbocycles. The number of amides is 1. The summed E-state index contributed by atoms with van der Waals surface area (Å²) in [6.45, 7) is 12.4. The van der Waals surface area contributed by atoms with E-state index >= 15 is 0 Å². The summed E-state index contributed by atoms with van der Waals surface area (Å²) in [5.74, 6) is 0.0688. The van der Waals surface area contributed by atoms with Crippen LogP contribution in [0.1, 0.15) is 63.8 Å². The van der Waals surface area contributed by atoms with Crippen molar-refractivity contribution in [1.82, 2.24) is 0 Å². The van der Waals surface area contributed by atoms with Gasteiger partial charge in [0.05, 0.1) is 18.4 Å². The van der Waals surface area contributed by atoms with Gasteiger partial charge in [-0.2, -0.15) is 5.06 Å². The second-order valence-corrected chi connectivity index (χ2v) is 9.90. The number of carbonyl (C=O) groups is 1.